The van der Waals surface area contributed by atoms with Crippen LogP contribution in [-0.2, 0) is 47.3 Å². The van der Waals surface area contributed by atoms with Crippen LogP contribution in [0.1, 0.15) is 160 Å². The van der Waals surface area contributed by atoms with Crippen LogP contribution in [0.15, 0.2) is 23.3 Å². The van der Waals surface area contributed by atoms with Crippen LogP contribution >= 0.6 is 22.6 Å². The van der Waals surface area contributed by atoms with Gasteiger partial charge in [0.05, 0.1) is 24.4 Å². The highest BCUT2D eigenvalue weighted by Crippen LogP contribution is 2.46. The highest BCUT2D eigenvalue weighted by atomic mass is 127. The van der Waals surface area contributed by atoms with E-state index < -0.39 is 80.2 Å². The molecule has 1 amide bonds. The zero-order valence-electron chi connectivity index (χ0n) is 43.3. The van der Waals surface area contributed by atoms with E-state index in [1.54, 1.807) is 28.3 Å². The number of ketones is 2. The summed E-state index contributed by atoms with van der Waals surface area (Å²) in [6.45, 7) is 25.5. The van der Waals surface area contributed by atoms with Crippen LogP contribution in [0.4, 0.5) is 0 Å². The maximum atomic E-state index is 15.0. The molecule has 13 atom stereocenters. The van der Waals surface area contributed by atoms with Gasteiger partial charge < -0.3 is 38.1 Å². The van der Waals surface area contributed by atoms with Crippen molar-refractivity contribution in [2.75, 3.05) is 27.9 Å². The van der Waals surface area contributed by atoms with E-state index in [2.05, 4.69) is 90.1 Å². The summed E-state index contributed by atoms with van der Waals surface area (Å²) < 4.78 is 38.3. The molecule has 4 aliphatic rings. The fraction of sp³-hybridized carbons (Fsp3) is 0.846. The van der Waals surface area contributed by atoms with Crippen LogP contribution in [0.5, 0.6) is 0 Å². The minimum atomic E-state index is -2.62. The van der Waals surface area contributed by atoms with Crippen molar-refractivity contribution in [2.45, 2.75) is 229 Å². The van der Waals surface area contributed by atoms with Crippen LogP contribution in [0.2, 0.25) is 16.6 Å². The summed E-state index contributed by atoms with van der Waals surface area (Å²) in [5.41, 5.74) is 2.61. The van der Waals surface area contributed by atoms with E-state index in [-0.39, 0.29) is 69.6 Å². The van der Waals surface area contributed by atoms with Crippen molar-refractivity contribution in [1.29, 1.82) is 0 Å². The summed E-state index contributed by atoms with van der Waals surface area (Å²) in [5, 5.41) is 12.3. The second-order valence-corrected chi connectivity index (χ2v) is 29.2. The van der Waals surface area contributed by atoms with Gasteiger partial charge >= 0.3 is 5.97 Å². The van der Waals surface area contributed by atoms with Gasteiger partial charge in [-0.1, -0.05) is 110 Å². The van der Waals surface area contributed by atoms with Gasteiger partial charge in [-0.15, -0.1) is 0 Å². The molecule has 0 radical (unpaired) electrons. The number of fused-ring (bicyclic) bond motifs is 3. The average molecular weight is 1060 g/mol. The molecule has 4 rings (SSSR count). The number of carbonyl (C=O) groups excluding carboxylic acids is 4. The number of alkyl halides is 1. The smallest absolute Gasteiger partial charge is 0.329 e. The highest BCUT2D eigenvalue weighted by Gasteiger charge is 2.57. The summed E-state index contributed by atoms with van der Waals surface area (Å²) in [5.74, 6) is -6.70. The van der Waals surface area contributed by atoms with E-state index >= 15 is 4.79 Å². The van der Waals surface area contributed by atoms with Crippen LogP contribution in [0, 0.1) is 23.7 Å². The predicted molar refractivity (Wildman–Crippen MR) is 270 cm³/mol. The second kappa shape index (κ2) is 24.5. The number of allylic oxidation sites excluding steroid dienone is 3. The van der Waals surface area contributed by atoms with Gasteiger partial charge in [0.2, 0.25) is 14.1 Å². The number of nitrogens with zero attached hydrogens (tertiary/aromatic N) is 1. The van der Waals surface area contributed by atoms with Crippen LogP contribution < -0.4 is 0 Å². The maximum absolute atomic E-state index is 15.0. The van der Waals surface area contributed by atoms with Crippen molar-refractivity contribution in [3.05, 3.63) is 23.3 Å². The summed E-state index contributed by atoms with van der Waals surface area (Å²) in [7, 11) is 2.27. The van der Waals surface area contributed by atoms with Gasteiger partial charge in [0.1, 0.15) is 24.0 Å². The Hall–Kier alpha value is -1.53. The number of aliphatic hydroxyl groups is 1. The molecule has 0 aromatic rings. The van der Waals surface area contributed by atoms with Gasteiger partial charge in [-0.2, -0.15) is 0 Å². The minimum absolute atomic E-state index is 0.0574. The number of methoxy groups -OCH3 is 3. The number of carbonyl (C=O) groups is 4. The molecule has 12 nitrogen and oxygen atoms in total. The molecule has 1 N–H and O–H groups in total. The van der Waals surface area contributed by atoms with Crippen molar-refractivity contribution in [1.82, 2.24) is 4.90 Å². The molecule has 2 bridgehead atoms. The van der Waals surface area contributed by atoms with E-state index in [1.165, 1.54) is 4.90 Å². The summed E-state index contributed by atoms with van der Waals surface area (Å²) in [6, 6.07) is -1.08. The first-order chi connectivity index (χ1) is 30.9. The SMILES string of the molecule is CCC1C=C(C)CC(C)CC(OC)C2OC(O)(C(=O)C(=O)N3CCCCC3C(=O)OC(C(C)=CC3(I)CCCC(OC)C3)C(C)C(O[Si](C(C)C)(C(C)C)C(C)C)CC1=O)C(C)CC2OC. The minimum Gasteiger partial charge on any atom is -0.456 e. The molecule has 1 aliphatic carbocycles. The fourth-order valence-electron chi connectivity index (χ4n) is 12.2. The first-order valence-electron chi connectivity index (χ1n) is 25.2. The number of esters is 1. The number of rotatable bonds is 11. The first-order valence-corrected chi connectivity index (χ1v) is 28.5. The van der Waals surface area contributed by atoms with E-state index in [4.69, 9.17) is 28.1 Å². The summed E-state index contributed by atoms with van der Waals surface area (Å²) in [4.78, 5) is 60.4. The molecule has 0 aromatic heterocycles. The maximum Gasteiger partial charge on any atom is 0.329 e. The molecule has 2 saturated heterocycles. The van der Waals surface area contributed by atoms with Crippen molar-refractivity contribution < 1.29 is 52.4 Å². The predicted octanol–water partition coefficient (Wildman–Crippen LogP) is 10.3. The zero-order valence-corrected chi connectivity index (χ0v) is 46.4. The number of piperidine rings is 1. The molecule has 0 aromatic carbocycles. The number of Topliss-reactive ketones (excluding diaryl/α,β-unsaturated/α-hetero) is 2. The van der Waals surface area contributed by atoms with Gasteiger partial charge in [-0.25, -0.2) is 4.79 Å². The number of ether oxygens (including phenoxy) is 5. The van der Waals surface area contributed by atoms with Crippen molar-refractivity contribution in [3.63, 3.8) is 0 Å². The summed E-state index contributed by atoms with van der Waals surface area (Å²) in [6.07, 6.45) is 8.39. The number of cyclic esters (lactones) is 1. The van der Waals surface area contributed by atoms with Crippen molar-refractivity contribution >= 4 is 54.4 Å². The topological polar surface area (TPSA) is 147 Å². The van der Waals surface area contributed by atoms with Gasteiger partial charge in [0, 0.05) is 55.5 Å². The molecule has 66 heavy (non-hydrogen) atoms. The zero-order chi connectivity index (χ0) is 49.5. The molecule has 3 aliphatic heterocycles. The van der Waals surface area contributed by atoms with Crippen LogP contribution in [-0.4, -0.2) is 122 Å². The molecule has 0 spiro atoms. The quantitative estimate of drug-likeness (QED) is 0.0527. The van der Waals surface area contributed by atoms with Gasteiger partial charge in [0.25, 0.3) is 11.7 Å². The number of hydrogen-bond donors (Lipinski definition) is 1. The molecular weight excluding hydrogens is 970 g/mol. The van der Waals surface area contributed by atoms with Crippen molar-refractivity contribution in [3.8, 4) is 0 Å². The van der Waals surface area contributed by atoms with Gasteiger partial charge in [-0.3, -0.25) is 14.4 Å². The number of amides is 1. The third kappa shape index (κ3) is 13.1. The highest BCUT2D eigenvalue weighted by molar-refractivity contribution is 14.1. The Bertz CT molecular complexity index is 1700. The Morgan fingerprint density at radius 1 is 0.909 bits per heavy atom. The fourth-order valence-corrected chi connectivity index (χ4v) is 19.2. The largest absolute Gasteiger partial charge is 0.456 e. The van der Waals surface area contributed by atoms with Crippen LogP contribution in [0.25, 0.3) is 0 Å². The van der Waals surface area contributed by atoms with E-state index in [1.807, 2.05) is 20.8 Å². The normalized spacial score (nSPS) is 36.8. The Labute approximate surface area is 413 Å². The average Bonchev–Trinajstić information content (AvgIpc) is 3.26. The molecule has 1 saturated carbocycles. The molecule has 13 unspecified atom stereocenters. The molecular formula is C52H88INO11Si. The molecule has 14 heteroatoms. The second-order valence-electron chi connectivity index (χ2n) is 21.6. The number of hydrogen-bond acceptors (Lipinski definition) is 11. The lowest BCUT2D eigenvalue weighted by atomic mass is 9.82. The monoisotopic (exact) mass is 1060 g/mol. The lowest BCUT2D eigenvalue weighted by molar-refractivity contribution is -0.302. The lowest BCUT2D eigenvalue weighted by Gasteiger charge is -2.47. The third-order valence-electron chi connectivity index (χ3n) is 15.8. The third-order valence-corrected chi connectivity index (χ3v) is 23.2. The van der Waals surface area contributed by atoms with E-state index in [0.29, 0.717) is 32.1 Å². The van der Waals surface area contributed by atoms with Gasteiger partial charge in [-0.05, 0) is 113 Å². The Kier molecular flexibility index (Phi) is 21.2. The number of halogens is 1. The van der Waals surface area contributed by atoms with E-state index in [0.717, 1.165) is 36.8 Å². The van der Waals surface area contributed by atoms with E-state index in [9.17, 15) is 19.5 Å². The first kappa shape index (κ1) is 57.0. The Balaban J connectivity index is 1.95. The van der Waals surface area contributed by atoms with Crippen molar-refractivity contribution in [2.24, 2.45) is 23.7 Å². The van der Waals surface area contributed by atoms with Gasteiger partial charge in [0.15, 0.2) is 0 Å². The molecule has 3 heterocycles. The Morgan fingerprint density at radius 2 is 1.53 bits per heavy atom. The standard InChI is InChI=1S/C52H88INO11Si/c1-16-39-25-34(8)24-35(9)26-44(61-14)47-45(62-15)27-37(11)52(59,64-47)48(56)49(57)54-23-18-17-21-41(54)50(58)63-46(36(10)29-51(53)22-19-20-40(30-51)60-13)38(12)43(28-42(39)55)65-66(31(2)3,32(4)5)33(6)7/h25,29,31-33,35,37-41,43-47,59H,16-24,26-28,30H2,1-15H3. The lowest BCUT2D eigenvalue weighted by Crippen LogP contribution is -2.64. The molecule has 3 fully saturated rings. The Morgan fingerprint density at radius 3 is 2.11 bits per heavy atom. The van der Waals surface area contributed by atoms with Crippen LogP contribution in [0.3, 0.4) is 0 Å². The summed E-state index contributed by atoms with van der Waals surface area (Å²) >= 11 is 2.53. The molecule has 378 valence electrons.